The average Bonchev–Trinajstić information content (AvgIpc) is 2.66. The fourth-order valence-corrected chi connectivity index (χ4v) is 2.97. The summed E-state index contributed by atoms with van der Waals surface area (Å²) in [7, 11) is 0. The maximum absolute atomic E-state index is 13.6. The van der Waals surface area contributed by atoms with E-state index in [1.165, 1.54) is 18.2 Å². The molecule has 3 rings (SSSR count). The van der Waals surface area contributed by atoms with Crippen LogP contribution < -0.4 is 0 Å². The highest BCUT2D eigenvalue weighted by Crippen LogP contribution is 2.27. The Morgan fingerprint density at radius 3 is 2.65 bits per heavy atom. The van der Waals surface area contributed by atoms with Crippen LogP contribution in [-0.2, 0) is 0 Å². The fourth-order valence-electron chi connectivity index (χ4n) is 2.13. The van der Waals surface area contributed by atoms with Crippen LogP contribution >= 0.6 is 28.1 Å². The summed E-state index contributed by atoms with van der Waals surface area (Å²) >= 11 is 8.61. The predicted molar refractivity (Wildman–Crippen MR) is 80.8 cm³/mol. The molecule has 0 saturated carbocycles. The van der Waals surface area contributed by atoms with Gasteiger partial charge in [0.15, 0.2) is 4.77 Å². The number of nitrogens with one attached hydrogen (secondary N) is 1. The lowest BCUT2D eigenvalue weighted by Gasteiger charge is -2.08. The zero-order valence-electron chi connectivity index (χ0n) is 10.4. The standard InChI is InChI=1S/C14H9BrF2N2S/c1-7-4-13-11(6-10(7)17)18-14(20)19(13)12-3-2-8(16)5-9(12)15/h2-6H,1H3,(H,18,20). The summed E-state index contributed by atoms with van der Waals surface area (Å²) in [5.41, 5.74) is 2.59. The Morgan fingerprint density at radius 1 is 1.20 bits per heavy atom. The molecule has 102 valence electrons. The van der Waals surface area contributed by atoms with E-state index in [1.54, 1.807) is 23.6 Å². The summed E-state index contributed by atoms with van der Waals surface area (Å²) in [6.45, 7) is 1.69. The number of fused-ring (bicyclic) bond motifs is 1. The van der Waals surface area contributed by atoms with Gasteiger partial charge in [-0.3, -0.25) is 4.57 Å². The maximum Gasteiger partial charge on any atom is 0.182 e. The van der Waals surface area contributed by atoms with Gasteiger partial charge in [-0.15, -0.1) is 0 Å². The lowest BCUT2D eigenvalue weighted by atomic mass is 10.2. The number of H-pyrrole nitrogens is 1. The molecule has 0 radical (unpaired) electrons. The minimum absolute atomic E-state index is 0.293. The smallest absolute Gasteiger partial charge is 0.182 e. The first kappa shape index (κ1) is 13.5. The number of halogens is 3. The Kier molecular flexibility index (Phi) is 3.22. The van der Waals surface area contributed by atoms with Crippen LogP contribution in [0.1, 0.15) is 5.56 Å². The number of rotatable bonds is 1. The molecule has 2 nitrogen and oxygen atoms in total. The van der Waals surface area contributed by atoms with Crippen LogP contribution in [0.25, 0.3) is 16.7 Å². The van der Waals surface area contributed by atoms with Crippen molar-refractivity contribution in [1.82, 2.24) is 9.55 Å². The molecule has 0 bridgehead atoms. The van der Waals surface area contributed by atoms with Crippen molar-refractivity contribution < 1.29 is 8.78 Å². The number of nitrogens with zero attached hydrogens (tertiary/aromatic N) is 1. The molecule has 0 saturated heterocycles. The fraction of sp³-hybridized carbons (Fsp3) is 0.0714. The molecule has 0 aliphatic rings. The molecular weight excluding hydrogens is 346 g/mol. The summed E-state index contributed by atoms with van der Waals surface area (Å²) < 4.78 is 29.6. The van der Waals surface area contributed by atoms with Gasteiger partial charge < -0.3 is 4.98 Å². The topological polar surface area (TPSA) is 20.7 Å². The second-order valence-corrected chi connectivity index (χ2v) is 5.72. The van der Waals surface area contributed by atoms with E-state index < -0.39 is 0 Å². The van der Waals surface area contributed by atoms with Gasteiger partial charge in [0.25, 0.3) is 0 Å². The van der Waals surface area contributed by atoms with Crippen molar-refractivity contribution in [3.8, 4) is 5.69 Å². The highest BCUT2D eigenvalue weighted by Gasteiger charge is 2.12. The monoisotopic (exact) mass is 354 g/mol. The van der Waals surface area contributed by atoms with Crippen molar-refractivity contribution in [3.63, 3.8) is 0 Å². The first-order valence-corrected chi connectivity index (χ1v) is 7.04. The van der Waals surface area contributed by atoms with Crippen LogP contribution in [0.2, 0.25) is 0 Å². The Bertz CT molecular complexity index is 883. The number of benzene rings is 2. The third-order valence-corrected chi connectivity index (χ3v) is 4.03. The Labute approximate surface area is 127 Å². The van der Waals surface area contributed by atoms with Crippen LogP contribution in [0.4, 0.5) is 8.78 Å². The Balaban J connectivity index is 2.39. The molecule has 0 unspecified atom stereocenters. The lowest BCUT2D eigenvalue weighted by molar-refractivity contribution is 0.620. The molecule has 0 spiro atoms. The van der Waals surface area contributed by atoms with Gasteiger partial charge >= 0.3 is 0 Å². The van der Waals surface area contributed by atoms with E-state index in [0.29, 0.717) is 26.0 Å². The van der Waals surface area contributed by atoms with Crippen molar-refractivity contribution in [3.05, 3.63) is 56.8 Å². The second-order valence-electron chi connectivity index (χ2n) is 4.48. The van der Waals surface area contributed by atoms with E-state index in [0.717, 1.165) is 5.52 Å². The van der Waals surface area contributed by atoms with E-state index in [2.05, 4.69) is 20.9 Å². The normalized spacial score (nSPS) is 11.2. The molecule has 6 heteroatoms. The van der Waals surface area contributed by atoms with E-state index in [9.17, 15) is 8.78 Å². The van der Waals surface area contributed by atoms with Crippen LogP contribution in [0.15, 0.2) is 34.8 Å². The molecule has 0 fully saturated rings. The largest absolute Gasteiger partial charge is 0.330 e. The molecule has 0 aliphatic heterocycles. The van der Waals surface area contributed by atoms with Crippen LogP contribution in [0.5, 0.6) is 0 Å². The van der Waals surface area contributed by atoms with Gasteiger partial charge in [-0.1, -0.05) is 0 Å². The Morgan fingerprint density at radius 2 is 1.95 bits per heavy atom. The molecule has 0 atom stereocenters. The molecule has 1 N–H and O–H groups in total. The molecule has 1 aromatic heterocycles. The van der Waals surface area contributed by atoms with Crippen LogP contribution in [0.3, 0.4) is 0 Å². The van der Waals surface area contributed by atoms with Crippen molar-refractivity contribution >= 4 is 39.2 Å². The third kappa shape index (κ3) is 2.09. The summed E-state index contributed by atoms with van der Waals surface area (Å²) in [5.74, 6) is -0.631. The van der Waals surface area contributed by atoms with Crippen molar-refractivity contribution in [1.29, 1.82) is 0 Å². The highest BCUT2D eigenvalue weighted by molar-refractivity contribution is 9.10. The first-order valence-electron chi connectivity index (χ1n) is 5.83. The quantitative estimate of drug-likeness (QED) is 0.607. The van der Waals surface area contributed by atoms with E-state index in [-0.39, 0.29) is 11.6 Å². The minimum Gasteiger partial charge on any atom is -0.330 e. The maximum atomic E-state index is 13.6. The number of hydrogen-bond acceptors (Lipinski definition) is 1. The predicted octanol–water partition coefficient (Wildman–Crippen LogP) is 5.04. The van der Waals surface area contributed by atoms with Gasteiger partial charge in [-0.05, 0) is 71.0 Å². The molecular formula is C14H9BrF2N2S. The summed E-state index contributed by atoms with van der Waals surface area (Å²) in [5, 5.41) is 0. The first-order chi connectivity index (χ1) is 9.47. The van der Waals surface area contributed by atoms with Gasteiger partial charge in [-0.25, -0.2) is 8.78 Å². The summed E-state index contributed by atoms with van der Waals surface area (Å²) in [6.07, 6.45) is 0. The molecule has 0 amide bonds. The molecule has 20 heavy (non-hydrogen) atoms. The van der Waals surface area contributed by atoms with Crippen molar-refractivity contribution in [2.24, 2.45) is 0 Å². The van der Waals surface area contributed by atoms with Crippen LogP contribution in [-0.4, -0.2) is 9.55 Å². The zero-order valence-corrected chi connectivity index (χ0v) is 12.8. The second kappa shape index (κ2) is 4.79. The molecule has 0 aliphatic carbocycles. The van der Waals surface area contributed by atoms with E-state index >= 15 is 0 Å². The van der Waals surface area contributed by atoms with E-state index in [4.69, 9.17) is 12.2 Å². The minimum atomic E-state index is -0.339. The third-order valence-electron chi connectivity index (χ3n) is 3.11. The average molecular weight is 355 g/mol. The molecule has 2 aromatic carbocycles. The van der Waals surface area contributed by atoms with Gasteiger partial charge in [0.2, 0.25) is 0 Å². The van der Waals surface area contributed by atoms with Gasteiger partial charge in [-0.2, -0.15) is 0 Å². The molecule has 1 heterocycles. The van der Waals surface area contributed by atoms with Gasteiger partial charge in [0.05, 0.1) is 16.7 Å². The van der Waals surface area contributed by atoms with Crippen LogP contribution in [0, 0.1) is 23.3 Å². The van der Waals surface area contributed by atoms with E-state index in [1.807, 2.05) is 0 Å². The number of hydrogen-bond donors (Lipinski definition) is 1. The highest BCUT2D eigenvalue weighted by atomic mass is 79.9. The van der Waals surface area contributed by atoms with Crippen molar-refractivity contribution in [2.75, 3.05) is 0 Å². The number of aromatic nitrogens is 2. The SMILES string of the molecule is Cc1cc2c(cc1F)[nH]c(=S)n2-c1ccc(F)cc1Br. The molecule has 3 aromatic rings. The Hall–Kier alpha value is -1.53. The van der Waals surface area contributed by atoms with Gasteiger partial charge in [0.1, 0.15) is 11.6 Å². The summed E-state index contributed by atoms with van der Waals surface area (Å²) in [6, 6.07) is 7.48. The lowest BCUT2D eigenvalue weighted by Crippen LogP contribution is -1.96. The number of aryl methyl sites for hydroxylation is 1. The summed E-state index contributed by atoms with van der Waals surface area (Å²) in [4.78, 5) is 2.96. The number of imidazole rings is 1. The van der Waals surface area contributed by atoms with Gasteiger partial charge in [0, 0.05) is 4.47 Å². The zero-order chi connectivity index (χ0) is 14.4. The number of aromatic amines is 1. The van der Waals surface area contributed by atoms with Crippen molar-refractivity contribution in [2.45, 2.75) is 6.92 Å².